The van der Waals surface area contributed by atoms with E-state index in [-0.39, 0.29) is 10.8 Å². The van der Waals surface area contributed by atoms with Crippen LogP contribution in [0.25, 0.3) is 55.3 Å². The van der Waals surface area contributed by atoms with E-state index in [9.17, 15) is 0 Å². The molecule has 0 bridgehead atoms. The molecule has 60 heavy (non-hydrogen) atoms. The molecule has 0 fully saturated rings. The highest BCUT2D eigenvalue weighted by Crippen LogP contribution is 2.56. The van der Waals surface area contributed by atoms with E-state index in [1.165, 1.54) is 55.6 Å². The molecule has 0 aliphatic heterocycles. The van der Waals surface area contributed by atoms with Crippen LogP contribution in [0.15, 0.2) is 217 Å². The molecule has 0 N–H and O–H groups in total. The molecule has 1 aromatic heterocycles. The van der Waals surface area contributed by atoms with Crippen LogP contribution in [0.2, 0.25) is 0 Å². The molecule has 12 rings (SSSR count). The van der Waals surface area contributed by atoms with Gasteiger partial charge in [-0.3, -0.25) is 0 Å². The van der Waals surface area contributed by atoms with Gasteiger partial charge in [-0.2, -0.15) is 0 Å². The summed E-state index contributed by atoms with van der Waals surface area (Å²) >= 11 is 0. The number of hydrogen-bond donors (Lipinski definition) is 0. The maximum atomic E-state index is 6.17. The van der Waals surface area contributed by atoms with Gasteiger partial charge in [-0.05, 0) is 135 Å². The lowest BCUT2D eigenvalue weighted by Gasteiger charge is -2.30. The molecule has 2 nitrogen and oxygen atoms in total. The minimum atomic E-state index is -0.265. The predicted octanol–water partition coefficient (Wildman–Crippen LogP) is 15.4. The predicted molar refractivity (Wildman–Crippen MR) is 249 cm³/mol. The number of nitrogens with zero attached hydrogens (tertiary/aromatic N) is 1. The van der Waals surface area contributed by atoms with E-state index in [1.54, 1.807) is 0 Å². The fourth-order valence-electron chi connectivity index (χ4n) is 10.6. The molecule has 2 atom stereocenters. The van der Waals surface area contributed by atoms with Crippen molar-refractivity contribution < 1.29 is 4.42 Å². The van der Waals surface area contributed by atoms with Crippen LogP contribution < -0.4 is 4.90 Å². The Hall–Kier alpha value is -7.42. The fraction of sp³-hybridized carbons (Fsp3) is 0.0690. The zero-order valence-electron chi connectivity index (χ0n) is 33.6. The number of para-hydroxylation sites is 1. The Labute approximate surface area is 350 Å². The van der Waals surface area contributed by atoms with Gasteiger partial charge in [-0.1, -0.05) is 158 Å². The second kappa shape index (κ2) is 13.0. The molecular weight excluding hydrogens is 727 g/mol. The van der Waals surface area contributed by atoms with Crippen molar-refractivity contribution in [1.29, 1.82) is 0 Å². The number of anilines is 3. The summed E-state index contributed by atoms with van der Waals surface area (Å²) in [4.78, 5) is 2.44. The molecule has 2 aliphatic carbocycles. The maximum absolute atomic E-state index is 6.17. The second-order valence-electron chi connectivity index (χ2n) is 16.7. The summed E-state index contributed by atoms with van der Waals surface area (Å²) in [5.41, 5.74) is 20.1. The molecule has 0 amide bonds. The van der Waals surface area contributed by atoms with Crippen molar-refractivity contribution in [3.63, 3.8) is 0 Å². The van der Waals surface area contributed by atoms with Crippen molar-refractivity contribution in [3.8, 4) is 33.4 Å². The lowest BCUT2D eigenvalue weighted by atomic mass is 9.74. The Balaban J connectivity index is 1.03. The van der Waals surface area contributed by atoms with E-state index in [0.717, 1.165) is 50.1 Å². The summed E-state index contributed by atoms with van der Waals surface area (Å²) in [5.74, 6) is 0. The first-order valence-electron chi connectivity index (χ1n) is 20.9. The van der Waals surface area contributed by atoms with Gasteiger partial charge in [0, 0.05) is 38.7 Å². The third-order valence-electron chi connectivity index (χ3n) is 13.6. The first-order chi connectivity index (χ1) is 29.5. The van der Waals surface area contributed by atoms with Crippen LogP contribution in [0.4, 0.5) is 17.1 Å². The van der Waals surface area contributed by atoms with Crippen LogP contribution in [0.3, 0.4) is 0 Å². The normalized spacial score (nSPS) is 17.3. The van der Waals surface area contributed by atoms with Gasteiger partial charge in [0.05, 0.1) is 0 Å². The SMILES string of the molecule is CC1(c2ccccc2)c2ccccc2-c2cc(N(c3ccc(-c4ccc5oc6ccccc6c5c4)cc3)c3ccc4c(c3)-c3ccccc3C4(C)c3ccccc3)ccc21. The van der Waals surface area contributed by atoms with Crippen LogP contribution in [0.5, 0.6) is 0 Å². The van der Waals surface area contributed by atoms with Crippen LogP contribution in [-0.2, 0) is 10.8 Å². The van der Waals surface area contributed by atoms with Crippen LogP contribution in [0.1, 0.15) is 47.2 Å². The summed E-state index contributed by atoms with van der Waals surface area (Å²) in [6, 6.07) is 78.0. The molecular formula is C58H41NO. The average Bonchev–Trinajstić information content (AvgIpc) is 3.91. The largest absolute Gasteiger partial charge is 0.456 e. The van der Waals surface area contributed by atoms with Crippen LogP contribution in [0, 0.1) is 0 Å². The highest BCUT2D eigenvalue weighted by Gasteiger charge is 2.42. The van der Waals surface area contributed by atoms with Crippen molar-refractivity contribution in [2.24, 2.45) is 0 Å². The van der Waals surface area contributed by atoms with E-state index < -0.39 is 0 Å². The smallest absolute Gasteiger partial charge is 0.135 e. The third-order valence-corrected chi connectivity index (χ3v) is 13.6. The fourth-order valence-corrected chi connectivity index (χ4v) is 10.6. The second-order valence-corrected chi connectivity index (χ2v) is 16.7. The van der Waals surface area contributed by atoms with Gasteiger partial charge in [-0.15, -0.1) is 0 Å². The molecule has 2 unspecified atom stereocenters. The van der Waals surface area contributed by atoms with Crippen LogP contribution >= 0.6 is 0 Å². The van der Waals surface area contributed by atoms with Gasteiger partial charge < -0.3 is 9.32 Å². The van der Waals surface area contributed by atoms with Crippen molar-refractivity contribution >= 4 is 39.0 Å². The first kappa shape index (κ1) is 34.6. The van der Waals surface area contributed by atoms with Crippen molar-refractivity contribution in [1.82, 2.24) is 0 Å². The minimum absolute atomic E-state index is 0.265. The topological polar surface area (TPSA) is 16.4 Å². The van der Waals surface area contributed by atoms with Gasteiger partial charge in [0.1, 0.15) is 11.2 Å². The van der Waals surface area contributed by atoms with Crippen LogP contribution in [-0.4, -0.2) is 0 Å². The zero-order chi connectivity index (χ0) is 40.0. The van der Waals surface area contributed by atoms with E-state index in [4.69, 9.17) is 4.42 Å². The number of hydrogen-bond acceptors (Lipinski definition) is 2. The monoisotopic (exact) mass is 767 g/mol. The number of benzene rings is 9. The molecule has 1 heterocycles. The minimum Gasteiger partial charge on any atom is -0.456 e. The quantitative estimate of drug-likeness (QED) is 0.168. The zero-order valence-corrected chi connectivity index (χ0v) is 33.6. The molecule has 0 saturated heterocycles. The molecule has 0 saturated carbocycles. The third kappa shape index (κ3) is 4.94. The van der Waals surface area contributed by atoms with Gasteiger partial charge in [-0.25, -0.2) is 0 Å². The summed E-state index contributed by atoms with van der Waals surface area (Å²) < 4.78 is 6.17. The number of fused-ring (bicyclic) bond motifs is 9. The van der Waals surface area contributed by atoms with Crippen molar-refractivity contribution in [2.45, 2.75) is 24.7 Å². The Morgan fingerprint density at radius 2 is 0.783 bits per heavy atom. The summed E-state index contributed by atoms with van der Waals surface area (Å²) in [6.45, 7) is 4.77. The molecule has 0 spiro atoms. The van der Waals surface area contributed by atoms with Gasteiger partial charge in [0.25, 0.3) is 0 Å². The summed E-state index contributed by atoms with van der Waals surface area (Å²) in [6.07, 6.45) is 0. The Kier molecular flexibility index (Phi) is 7.52. The number of furan rings is 1. The standard InChI is InChI=1S/C58H41NO/c1-57(40-15-5-3-6-16-40)51-22-12-9-19-45(51)48-36-43(30-32-53(48)57)59(42-28-25-38(26-29-42)39-27-34-56-50(35-39)47-21-11-14-24-55(47)60-56)44-31-33-54-49(37-44)46-20-10-13-23-52(46)58(54,2)41-17-7-4-8-18-41/h3-37H,1-2H3. The summed E-state index contributed by atoms with van der Waals surface area (Å²) in [7, 11) is 0. The molecule has 10 aromatic rings. The van der Waals surface area contributed by atoms with E-state index in [1.807, 2.05) is 12.1 Å². The molecule has 0 radical (unpaired) electrons. The lowest BCUT2D eigenvalue weighted by molar-refractivity contribution is 0.669. The molecule has 9 aromatic carbocycles. The van der Waals surface area contributed by atoms with Crippen molar-refractivity contribution in [3.05, 3.63) is 246 Å². The maximum Gasteiger partial charge on any atom is 0.135 e. The number of rotatable bonds is 6. The Bertz CT molecular complexity index is 3140. The van der Waals surface area contributed by atoms with E-state index >= 15 is 0 Å². The van der Waals surface area contributed by atoms with E-state index in [0.29, 0.717) is 0 Å². The first-order valence-corrected chi connectivity index (χ1v) is 20.9. The highest BCUT2D eigenvalue weighted by molar-refractivity contribution is 6.06. The Morgan fingerprint density at radius 3 is 1.37 bits per heavy atom. The summed E-state index contributed by atoms with van der Waals surface area (Å²) in [5, 5.41) is 2.27. The average molecular weight is 768 g/mol. The van der Waals surface area contributed by atoms with Crippen molar-refractivity contribution in [2.75, 3.05) is 4.90 Å². The molecule has 2 aliphatic rings. The Morgan fingerprint density at radius 1 is 0.333 bits per heavy atom. The van der Waals surface area contributed by atoms with Gasteiger partial charge in [0.15, 0.2) is 0 Å². The van der Waals surface area contributed by atoms with Gasteiger partial charge >= 0.3 is 0 Å². The van der Waals surface area contributed by atoms with E-state index in [2.05, 4.69) is 219 Å². The highest BCUT2D eigenvalue weighted by atomic mass is 16.3. The molecule has 284 valence electrons. The van der Waals surface area contributed by atoms with Gasteiger partial charge in [0.2, 0.25) is 0 Å². The molecule has 2 heteroatoms. The lowest BCUT2D eigenvalue weighted by Crippen LogP contribution is -2.22.